The summed E-state index contributed by atoms with van der Waals surface area (Å²) in [6, 6.07) is 3.66. The van der Waals surface area contributed by atoms with Crippen LogP contribution in [-0.4, -0.2) is 30.2 Å². The van der Waals surface area contributed by atoms with Crippen molar-refractivity contribution in [1.82, 2.24) is 9.97 Å². The number of hydrogen-bond donors (Lipinski definition) is 0. The van der Waals surface area contributed by atoms with Gasteiger partial charge in [-0.25, -0.2) is 9.97 Å². The summed E-state index contributed by atoms with van der Waals surface area (Å²) < 4.78 is 9.58. The highest BCUT2D eigenvalue weighted by atomic mass is 32.1. The molecule has 0 aromatic carbocycles. The molecule has 0 unspecified atom stereocenters. The van der Waals surface area contributed by atoms with E-state index in [-0.39, 0.29) is 12.4 Å². The Hall–Kier alpha value is -1.95. The summed E-state index contributed by atoms with van der Waals surface area (Å²) >= 11 is 1.47. The highest BCUT2D eigenvalue weighted by Crippen LogP contribution is 2.24. The van der Waals surface area contributed by atoms with Gasteiger partial charge in [-0.3, -0.25) is 4.79 Å². The van der Waals surface area contributed by atoms with E-state index in [1.54, 1.807) is 19.4 Å². The number of aromatic nitrogens is 2. The molecule has 0 amide bonds. The van der Waals surface area contributed by atoms with Crippen LogP contribution in [0.25, 0.3) is 10.6 Å². The molecule has 0 fully saturated rings. The quantitative estimate of drug-likeness (QED) is 0.790. The van der Waals surface area contributed by atoms with Crippen LogP contribution in [0.3, 0.4) is 0 Å². The van der Waals surface area contributed by atoms with Gasteiger partial charge in [-0.1, -0.05) is 0 Å². The second-order valence-electron chi connectivity index (χ2n) is 3.49. The van der Waals surface area contributed by atoms with Crippen molar-refractivity contribution in [3.63, 3.8) is 0 Å². The molecule has 0 atom stereocenters. The molecule has 0 N–H and O–H groups in total. The van der Waals surface area contributed by atoms with Crippen LogP contribution < -0.4 is 4.74 Å². The predicted molar refractivity (Wildman–Crippen MR) is 67.6 cm³/mol. The van der Waals surface area contributed by atoms with Crippen molar-refractivity contribution in [1.29, 1.82) is 0 Å². The first-order valence-corrected chi connectivity index (χ1v) is 6.12. The largest absolute Gasteiger partial charge is 0.481 e. The molecule has 0 aliphatic carbocycles. The second-order valence-corrected chi connectivity index (χ2v) is 4.34. The standard InChI is InChI=1S/C12H12N2O3S/c1-16-10-4-3-8(6-13-10)12-14-9(7-18-12)5-11(15)17-2/h3-4,6-7H,5H2,1-2H3. The van der Waals surface area contributed by atoms with Gasteiger partial charge in [-0.05, 0) is 6.07 Å². The average Bonchev–Trinajstić information content (AvgIpc) is 2.87. The average molecular weight is 264 g/mol. The molecule has 2 aromatic heterocycles. The second kappa shape index (κ2) is 5.59. The van der Waals surface area contributed by atoms with E-state index in [9.17, 15) is 4.79 Å². The lowest BCUT2D eigenvalue weighted by Crippen LogP contribution is -2.04. The zero-order valence-electron chi connectivity index (χ0n) is 10.0. The third-order valence-electron chi connectivity index (χ3n) is 2.30. The number of carbonyl (C=O) groups is 1. The predicted octanol–water partition coefficient (Wildman–Crippen LogP) is 1.93. The van der Waals surface area contributed by atoms with Gasteiger partial charge < -0.3 is 9.47 Å². The fourth-order valence-corrected chi connectivity index (χ4v) is 2.18. The minimum absolute atomic E-state index is 0.191. The van der Waals surface area contributed by atoms with Crippen LogP contribution in [0.15, 0.2) is 23.7 Å². The van der Waals surface area contributed by atoms with Gasteiger partial charge in [0.2, 0.25) is 5.88 Å². The molecular formula is C12H12N2O3S. The van der Waals surface area contributed by atoms with E-state index >= 15 is 0 Å². The Kier molecular flexibility index (Phi) is 3.88. The molecule has 0 saturated heterocycles. The fourth-order valence-electron chi connectivity index (χ4n) is 1.37. The van der Waals surface area contributed by atoms with Gasteiger partial charge in [0.1, 0.15) is 5.01 Å². The van der Waals surface area contributed by atoms with Crippen molar-refractivity contribution < 1.29 is 14.3 Å². The lowest BCUT2D eigenvalue weighted by atomic mass is 10.3. The molecule has 5 nitrogen and oxygen atoms in total. The lowest BCUT2D eigenvalue weighted by molar-refractivity contribution is -0.139. The number of methoxy groups -OCH3 is 2. The van der Waals surface area contributed by atoms with Gasteiger partial charge in [-0.15, -0.1) is 11.3 Å². The fraction of sp³-hybridized carbons (Fsp3) is 0.250. The van der Waals surface area contributed by atoms with Gasteiger partial charge in [0.15, 0.2) is 0 Å². The number of nitrogens with zero attached hydrogens (tertiary/aromatic N) is 2. The zero-order valence-corrected chi connectivity index (χ0v) is 10.9. The van der Waals surface area contributed by atoms with Gasteiger partial charge in [-0.2, -0.15) is 0 Å². The third kappa shape index (κ3) is 2.84. The normalized spacial score (nSPS) is 10.1. The Morgan fingerprint density at radius 2 is 2.22 bits per heavy atom. The molecule has 0 bridgehead atoms. The maximum absolute atomic E-state index is 11.1. The summed E-state index contributed by atoms with van der Waals surface area (Å²) in [6.45, 7) is 0. The van der Waals surface area contributed by atoms with E-state index < -0.39 is 0 Å². The highest BCUT2D eigenvalue weighted by Gasteiger charge is 2.09. The molecular weight excluding hydrogens is 252 g/mol. The summed E-state index contributed by atoms with van der Waals surface area (Å²) in [5.74, 6) is 0.268. The molecule has 0 aliphatic rings. The summed E-state index contributed by atoms with van der Waals surface area (Å²) in [7, 11) is 2.93. The number of pyridine rings is 1. The maximum Gasteiger partial charge on any atom is 0.311 e. The van der Waals surface area contributed by atoms with Crippen LogP contribution in [0, 0.1) is 0 Å². The Balaban J connectivity index is 2.15. The first kappa shape index (κ1) is 12.5. The van der Waals surface area contributed by atoms with E-state index in [1.165, 1.54) is 18.4 Å². The van der Waals surface area contributed by atoms with Gasteiger partial charge >= 0.3 is 5.97 Å². The van der Waals surface area contributed by atoms with Gasteiger partial charge in [0.05, 0.1) is 26.3 Å². The highest BCUT2D eigenvalue weighted by molar-refractivity contribution is 7.13. The number of rotatable bonds is 4. The van der Waals surface area contributed by atoms with E-state index in [4.69, 9.17) is 4.74 Å². The minimum atomic E-state index is -0.292. The third-order valence-corrected chi connectivity index (χ3v) is 3.24. The van der Waals surface area contributed by atoms with Crippen molar-refractivity contribution >= 4 is 17.3 Å². The van der Waals surface area contributed by atoms with Crippen LogP contribution in [0.1, 0.15) is 5.69 Å². The van der Waals surface area contributed by atoms with Crippen molar-refractivity contribution in [2.75, 3.05) is 14.2 Å². The zero-order chi connectivity index (χ0) is 13.0. The number of ether oxygens (including phenoxy) is 2. The first-order valence-electron chi connectivity index (χ1n) is 5.24. The van der Waals surface area contributed by atoms with E-state index in [2.05, 4.69) is 14.7 Å². The van der Waals surface area contributed by atoms with Crippen molar-refractivity contribution in [2.45, 2.75) is 6.42 Å². The summed E-state index contributed by atoms with van der Waals surface area (Å²) in [4.78, 5) is 19.6. The molecule has 94 valence electrons. The van der Waals surface area contributed by atoms with Crippen LogP contribution in [0.5, 0.6) is 5.88 Å². The summed E-state index contributed by atoms with van der Waals surface area (Å²) in [5, 5.41) is 2.67. The molecule has 0 spiro atoms. The Morgan fingerprint density at radius 3 is 2.83 bits per heavy atom. The lowest BCUT2D eigenvalue weighted by Gasteiger charge is -1.99. The van der Waals surface area contributed by atoms with Crippen LogP contribution >= 0.6 is 11.3 Å². The van der Waals surface area contributed by atoms with Crippen LogP contribution in [0.2, 0.25) is 0 Å². The molecule has 2 heterocycles. The topological polar surface area (TPSA) is 61.3 Å². The van der Waals surface area contributed by atoms with E-state index in [0.717, 1.165) is 10.6 Å². The van der Waals surface area contributed by atoms with E-state index in [1.807, 2.05) is 11.4 Å². The van der Waals surface area contributed by atoms with Gasteiger partial charge in [0, 0.05) is 23.2 Å². The monoisotopic (exact) mass is 264 g/mol. The van der Waals surface area contributed by atoms with Gasteiger partial charge in [0.25, 0.3) is 0 Å². The van der Waals surface area contributed by atoms with Crippen molar-refractivity contribution in [3.05, 3.63) is 29.4 Å². The van der Waals surface area contributed by atoms with Crippen LogP contribution in [0.4, 0.5) is 0 Å². The molecule has 18 heavy (non-hydrogen) atoms. The molecule has 2 aromatic rings. The minimum Gasteiger partial charge on any atom is -0.481 e. The van der Waals surface area contributed by atoms with Crippen molar-refractivity contribution in [3.8, 4) is 16.5 Å². The summed E-state index contributed by atoms with van der Waals surface area (Å²) in [5.41, 5.74) is 1.61. The molecule has 6 heteroatoms. The van der Waals surface area contributed by atoms with Crippen molar-refractivity contribution in [2.24, 2.45) is 0 Å². The summed E-state index contributed by atoms with van der Waals surface area (Å²) in [6.07, 6.45) is 1.89. The molecule has 0 radical (unpaired) electrons. The smallest absolute Gasteiger partial charge is 0.311 e. The number of esters is 1. The Bertz CT molecular complexity index is 537. The maximum atomic E-state index is 11.1. The Labute approximate surface area is 108 Å². The first-order chi connectivity index (χ1) is 8.72. The molecule has 0 saturated carbocycles. The van der Waals surface area contributed by atoms with E-state index in [0.29, 0.717) is 11.6 Å². The molecule has 0 aliphatic heterocycles. The Morgan fingerprint density at radius 1 is 1.39 bits per heavy atom. The van der Waals surface area contributed by atoms with Crippen LogP contribution in [-0.2, 0) is 16.0 Å². The number of carbonyl (C=O) groups excluding carboxylic acids is 1. The SMILES string of the molecule is COC(=O)Cc1csc(-c2ccc(OC)nc2)n1. The molecule has 2 rings (SSSR count). The number of thiazole rings is 1. The number of hydrogen-bond acceptors (Lipinski definition) is 6.